The lowest BCUT2D eigenvalue weighted by molar-refractivity contribution is 0.104. The number of allylic oxidation sites excluding steroid dienone is 2. The van der Waals surface area contributed by atoms with Gasteiger partial charge in [-0.1, -0.05) is 24.3 Å². The van der Waals surface area contributed by atoms with Crippen LogP contribution in [0.3, 0.4) is 0 Å². The number of ether oxygens (including phenoxy) is 2. The minimum Gasteiger partial charge on any atom is -0.497 e. The summed E-state index contributed by atoms with van der Waals surface area (Å²) in [4.78, 5) is 12.5. The van der Waals surface area contributed by atoms with Crippen LogP contribution in [0.5, 0.6) is 11.5 Å². The van der Waals surface area contributed by atoms with Crippen molar-refractivity contribution in [1.82, 2.24) is 0 Å². The Hall–Kier alpha value is -3.27. The molecule has 0 unspecified atom stereocenters. The molecule has 0 bridgehead atoms. The lowest BCUT2D eigenvalue weighted by atomic mass is 10.1. The first-order valence-corrected chi connectivity index (χ1v) is 8.22. The van der Waals surface area contributed by atoms with Gasteiger partial charge in [0.25, 0.3) is 0 Å². The summed E-state index contributed by atoms with van der Waals surface area (Å²) in [5, 5.41) is 0. The van der Waals surface area contributed by atoms with Crippen LogP contribution in [0.4, 0.5) is 0 Å². The predicted molar refractivity (Wildman–Crippen MR) is 102 cm³/mol. The molecule has 1 heterocycles. The summed E-state index contributed by atoms with van der Waals surface area (Å²) in [6.07, 6.45) is 1.57. The van der Waals surface area contributed by atoms with Crippen molar-refractivity contribution in [2.24, 2.45) is 0 Å². The van der Waals surface area contributed by atoms with Crippen molar-refractivity contribution in [1.29, 1.82) is 0 Å². The molecule has 3 aromatic rings. The molecular weight excluding hydrogens is 328 g/mol. The average Bonchev–Trinajstić information content (AvgIpc) is 3.18. The number of benzene rings is 2. The highest BCUT2D eigenvalue weighted by atomic mass is 16.5. The van der Waals surface area contributed by atoms with Crippen molar-refractivity contribution in [2.75, 3.05) is 14.2 Å². The fraction of sp³-hybridized carbons (Fsp3) is 0.136. The molecule has 1 aromatic heterocycles. The number of carbonyl (C=O) groups is 1. The molecule has 4 heteroatoms. The van der Waals surface area contributed by atoms with Gasteiger partial charge in [0.2, 0.25) is 0 Å². The topological polar surface area (TPSA) is 48.7 Å². The number of rotatable bonds is 6. The van der Waals surface area contributed by atoms with Crippen LogP contribution in [0, 0.1) is 0 Å². The lowest BCUT2D eigenvalue weighted by Gasteiger charge is -2.03. The van der Waals surface area contributed by atoms with E-state index in [-0.39, 0.29) is 5.78 Å². The molecule has 0 atom stereocenters. The Kier molecular flexibility index (Phi) is 5.23. The molecule has 0 aliphatic carbocycles. The molecule has 0 spiro atoms. The minimum atomic E-state index is -0.0965. The van der Waals surface area contributed by atoms with Crippen LogP contribution in [0.1, 0.15) is 23.0 Å². The molecule has 3 rings (SSSR count). The normalized spacial score (nSPS) is 11.3. The smallest absolute Gasteiger partial charge is 0.186 e. The Morgan fingerprint density at radius 2 is 1.62 bits per heavy atom. The zero-order valence-electron chi connectivity index (χ0n) is 15.0. The molecule has 26 heavy (non-hydrogen) atoms. The molecule has 4 nitrogen and oxygen atoms in total. The van der Waals surface area contributed by atoms with Crippen LogP contribution in [0.2, 0.25) is 0 Å². The van der Waals surface area contributed by atoms with Gasteiger partial charge in [-0.3, -0.25) is 4.79 Å². The van der Waals surface area contributed by atoms with Gasteiger partial charge in [0.15, 0.2) is 5.78 Å². The van der Waals surface area contributed by atoms with E-state index in [4.69, 9.17) is 13.9 Å². The van der Waals surface area contributed by atoms with Gasteiger partial charge >= 0.3 is 0 Å². The van der Waals surface area contributed by atoms with E-state index in [0.717, 1.165) is 22.6 Å². The van der Waals surface area contributed by atoms with Crippen molar-refractivity contribution < 1.29 is 18.7 Å². The van der Waals surface area contributed by atoms with Crippen LogP contribution >= 0.6 is 0 Å². The van der Waals surface area contributed by atoms with Gasteiger partial charge in [-0.25, -0.2) is 0 Å². The lowest BCUT2D eigenvalue weighted by Crippen LogP contribution is -1.96. The summed E-state index contributed by atoms with van der Waals surface area (Å²) in [6, 6.07) is 18.5. The quantitative estimate of drug-likeness (QED) is 0.451. The maximum atomic E-state index is 12.5. The van der Waals surface area contributed by atoms with E-state index in [1.54, 1.807) is 44.6 Å². The summed E-state index contributed by atoms with van der Waals surface area (Å²) in [6.45, 7) is 1.85. The van der Waals surface area contributed by atoms with Gasteiger partial charge in [0.05, 0.1) is 14.2 Å². The van der Waals surface area contributed by atoms with Crippen molar-refractivity contribution in [3.05, 3.63) is 78.1 Å². The molecule has 0 amide bonds. The second-order valence-electron chi connectivity index (χ2n) is 5.82. The number of hydrogen-bond donors (Lipinski definition) is 0. The molecule has 0 saturated carbocycles. The summed E-state index contributed by atoms with van der Waals surface area (Å²) >= 11 is 0. The number of hydrogen-bond acceptors (Lipinski definition) is 4. The van der Waals surface area contributed by atoms with E-state index in [1.165, 1.54) is 0 Å². The van der Waals surface area contributed by atoms with Crippen molar-refractivity contribution in [3.63, 3.8) is 0 Å². The molecular formula is C22H20O4. The fourth-order valence-electron chi connectivity index (χ4n) is 2.61. The summed E-state index contributed by atoms with van der Waals surface area (Å²) in [5.41, 5.74) is 2.25. The summed E-state index contributed by atoms with van der Waals surface area (Å²) in [7, 11) is 3.21. The van der Waals surface area contributed by atoms with E-state index in [9.17, 15) is 4.79 Å². The molecule has 0 aliphatic rings. The molecule has 0 saturated heterocycles. The van der Waals surface area contributed by atoms with E-state index < -0.39 is 0 Å². The first-order chi connectivity index (χ1) is 12.6. The van der Waals surface area contributed by atoms with Crippen LogP contribution in [0.25, 0.3) is 16.9 Å². The molecule has 2 aromatic carbocycles. The number of furan rings is 1. The second-order valence-corrected chi connectivity index (χ2v) is 5.82. The van der Waals surface area contributed by atoms with Crippen molar-refractivity contribution >= 4 is 11.4 Å². The highest BCUT2D eigenvalue weighted by Gasteiger charge is 2.10. The second kappa shape index (κ2) is 7.74. The third kappa shape index (κ3) is 3.86. The maximum Gasteiger partial charge on any atom is 0.186 e. The van der Waals surface area contributed by atoms with Crippen LogP contribution in [-0.4, -0.2) is 20.0 Å². The van der Waals surface area contributed by atoms with Crippen LogP contribution in [0.15, 0.2) is 71.2 Å². The fourth-order valence-corrected chi connectivity index (χ4v) is 2.61. The Labute approximate surface area is 152 Å². The van der Waals surface area contributed by atoms with Crippen molar-refractivity contribution in [3.8, 4) is 22.8 Å². The number of ketones is 1. The van der Waals surface area contributed by atoms with Gasteiger partial charge < -0.3 is 13.9 Å². The van der Waals surface area contributed by atoms with Gasteiger partial charge in [0, 0.05) is 11.1 Å². The SMILES string of the molecule is COc1cccc(C(=O)/C=C(\C)c2ccc(-c3cccc(OC)c3)o2)c1. The third-order valence-corrected chi connectivity index (χ3v) is 4.05. The zero-order chi connectivity index (χ0) is 18.5. The molecule has 0 radical (unpaired) electrons. The number of methoxy groups -OCH3 is 2. The molecule has 132 valence electrons. The van der Waals surface area contributed by atoms with E-state index >= 15 is 0 Å². The monoisotopic (exact) mass is 348 g/mol. The molecule has 0 aliphatic heterocycles. The molecule has 0 fully saturated rings. The highest BCUT2D eigenvalue weighted by Crippen LogP contribution is 2.28. The maximum absolute atomic E-state index is 12.5. The van der Waals surface area contributed by atoms with E-state index in [0.29, 0.717) is 17.1 Å². The Morgan fingerprint density at radius 1 is 0.923 bits per heavy atom. The standard InChI is InChI=1S/C22H20O4/c1-15(12-20(23)16-6-4-8-18(13-16)24-2)21-10-11-22(26-21)17-7-5-9-19(14-17)25-3/h4-14H,1-3H3/b15-12+. The Morgan fingerprint density at radius 3 is 2.35 bits per heavy atom. The third-order valence-electron chi connectivity index (χ3n) is 4.05. The van der Waals surface area contributed by atoms with Gasteiger partial charge in [0.1, 0.15) is 23.0 Å². The largest absolute Gasteiger partial charge is 0.497 e. The number of carbonyl (C=O) groups excluding carboxylic acids is 1. The van der Waals surface area contributed by atoms with Crippen LogP contribution < -0.4 is 9.47 Å². The minimum absolute atomic E-state index is 0.0965. The zero-order valence-corrected chi connectivity index (χ0v) is 15.0. The summed E-state index contributed by atoms with van der Waals surface area (Å²) < 4.78 is 16.3. The van der Waals surface area contributed by atoms with Crippen LogP contribution in [-0.2, 0) is 0 Å². The van der Waals surface area contributed by atoms with Crippen molar-refractivity contribution in [2.45, 2.75) is 6.92 Å². The first-order valence-electron chi connectivity index (χ1n) is 8.22. The molecule has 0 N–H and O–H groups in total. The van der Waals surface area contributed by atoms with E-state index in [2.05, 4.69) is 0 Å². The first kappa shape index (κ1) is 17.5. The van der Waals surface area contributed by atoms with Gasteiger partial charge in [-0.2, -0.15) is 0 Å². The van der Waals surface area contributed by atoms with Gasteiger partial charge in [-0.15, -0.1) is 0 Å². The van der Waals surface area contributed by atoms with Gasteiger partial charge in [-0.05, 0) is 55.0 Å². The highest BCUT2D eigenvalue weighted by molar-refractivity contribution is 6.08. The Bertz CT molecular complexity index is 950. The summed E-state index contributed by atoms with van der Waals surface area (Å²) in [5.74, 6) is 2.70. The Balaban J connectivity index is 1.83. The van der Waals surface area contributed by atoms with E-state index in [1.807, 2.05) is 43.3 Å². The average molecular weight is 348 g/mol. The predicted octanol–water partition coefficient (Wildman–Crippen LogP) is 5.25.